The van der Waals surface area contributed by atoms with Crippen LogP contribution in [0.5, 0.6) is 0 Å². The van der Waals surface area contributed by atoms with Crippen LogP contribution in [0.1, 0.15) is 17.2 Å². The summed E-state index contributed by atoms with van der Waals surface area (Å²) < 4.78 is 26.4. The Morgan fingerprint density at radius 2 is 1.50 bits per heavy atom. The first-order valence-corrected chi connectivity index (χ1v) is 7.84. The Morgan fingerprint density at radius 3 is 2.04 bits per heavy atom. The molecular weight excluding hydrogens is 344 g/mol. The van der Waals surface area contributed by atoms with Crippen molar-refractivity contribution in [3.05, 3.63) is 76.9 Å². The maximum absolute atomic E-state index is 13.2. The molecule has 0 spiro atoms. The van der Waals surface area contributed by atoms with E-state index in [2.05, 4.69) is 0 Å². The minimum atomic E-state index is -0.979. The lowest BCUT2D eigenvalue weighted by Crippen LogP contribution is -2.32. The Kier molecular flexibility index (Phi) is 4.81. The zero-order valence-electron chi connectivity index (χ0n) is 13.5. The van der Waals surface area contributed by atoms with E-state index in [1.165, 1.54) is 36.4 Å². The van der Waals surface area contributed by atoms with E-state index in [-0.39, 0.29) is 24.3 Å². The van der Waals surface area contributed by atoms with Gasteiger partial charge in [0.2, 0.25) is 0 Å². The number of carbonyl (C=O) groups excluding carboxylic acids is 2. The summed E-state index contributed by atoms with van der Waals surface area (Å²) >= 11 is 0. The fourth-order valence-corrected chi connectivity index (χ4v) is 2.97. The first kappa shape index (κ1) is 17.8. The van der Waals surface area contributed by atoms with E-state index in [4.69, 9.17) is 0 Å². The molecule has 1 aliphatic heterocycles. The molecule has 1 amide bonds. The second-order valence-corrected chi connectivity index (χ2v) is 5.77. The predicted molar refractivity (Wildman–Crippen MR) is 88.9 cm³/mol. The van der Waals surface area contributed by atoms with Crippen LogP contribution in [0.15, 0.2) is 54.1 Å². The Morgan fingerprint density at radius 1 is 0.962 bits per heavy atom. The van der Waals surface area contributed by atoms with E-state index in [1.807, 2.05) is 0 Å². The highest BCUT2D eigenvalue weighted by atomic mass is 19.1. The second-order valence-electron chi connectivity index (χ2n) is 5.77. The topological polar surface area (TPSA) is 77.8 Å². The van der Waals surface area contributed by atoms with Crippen molar-refractivity contribution in [2.45, 2.75) is 6.04 Å². The van der Waals surface area contributed by atoms with Crippen LogP contribution in [0.3, 0.4) is 0 Å². The SMILES string of the molecule is O=C1C(=O)N(CCO)C(c2ccc(F)cc2)/C1=C(/O)c1ccc(F)cc1. The van der Waals surface area contributed by atoms with Crippen molar-refractivity contribution in [3.63, 3.8) is 0 Å². The number of aliphatic hydroxyl groups excluding tert-OH is 2. The second kappa shape index (κ2) is 7.05. The number of rotatable bonds is 4. The minimum absolute atomic E-state index is 0.132. The summed E-state index contributed by atoms with van der Waals surface area (Å²) in [4.78, 5) is 25.9. The van der Waals surface area contributed by atoms with Crippen molar-refractivity contribution in [2.24, 2.45) is 0 Å². The van der Waals surface area contributed by atoms with Gasteiger partial charge in [-0.2, -0.15) is 0 Å². The number of halogens is 2. The molecule has 0 aliphatic carbocycles. The molecule has 134 valence electrons. The molecule has 0 radical (unpaired) electrons. The van der Waals surface area contributed by atoms with Crippen LogP contribution in [0.4, 0.5) is 8.78 Å². The van der Waals surface area contributed by atoms with Gasteiger partial charge in [0.25, 0.3) is 11.7 Å². The average molecular weight is 359 g/mol. The number of Topliss-reactive ketones (excluding diaryl/α,β-unsaturated/α-hetero) is 1. The predicted octanol–water partition coefficient (Wildman–Crippen LogP) is 2.38. The molecule has 5 nitrogen and oxygen atoms in total. The van der Waals surface area contributed by atoms with Crippen molar-refractivity contribution < 1.29 is 28.6 Å². The Labute approximate surface area is 147 Å². The summed E-state index contributed by atoms with van der Waals surface area (Å²) in [6.45, 7) is -0.520. The van der Waals surface area contributed by atoms with Crippen LogP contribution in [0.25, 0.3) is 5.76 Å². The summed E-state index contributed by atoms with van der Waals surface area (Å²) in [6.07, 6.45) is 0. The van der Waals surface area contributed by atoms with Gasteiger partial charge in [-0.25, -0.2) is 8.78 Å². The van der Waals surface area contributed by atoms with Gasteiger partial charge in [-0.05, 0) is 42.0 Å². The molecule has 1 aliphatic rings. The molecule has 7 heteroatoms. The zero-order valence-corrected chi connectivity index (χ0v) is 13.5. The largest absolute Gasteiger partial charge is 0.507 e. The number of hydrogen-bond acceptors (Lipinski definition) is 4. The lowest BCUT2D eigenvalue weighted by atomic mass is 9.95. The molecule has 0 saturated carbocycles. The number of amides is 1. The summed E-state index contributed by atoms with van der Waals surface area (Å²) in [5.41, 5.74) is 0.380. The van der Waals surface area contributed by atoms with Gasteiger partial charge in [-0.1, -0.05) is 12.1 Å². The maximum atomic E-state index is 13.2. The van der Waals surface area contributed by atoms with Gasteiger partial charge >= 0.3 is 0 Å². The molecule has 0 aromatic heterocycles. The van der Waals surface area contributed by atoms with Gasteiger partial charge in [0, 0.05) is 12.1 Å². The number of ketones is 1. The van der Waals surface area contributed by atoms with Gasteiger partial charge < -0.3 is 15.1 Å². The van der Waals surface area contributed by atoms with Crippen LogP contribution in [0.2, 0.25) is 0 Å². The number of likely N-dealkylation sites (tertiary alicyclic amines) is 1. The van der Waals surface area contributed by atoms with Crippen LogP contribution in [0, 0.1) is 11.6 Å². The van der Waals surface area contributed by atoms with E-state index in [1.54, 1.807) is 0 Å². The fraction of sp³-hybridized carbons (Fsp3) is 0.158. The first-order valence-electron chi connectivity index (χ1n) is 7.84. The summed E-state index contributed by atoms with van der Waals surface area (Å²) in [5, 5.41) is 19.8. The first-order chi connectivity index (χ1) is 12.4. The van der Waals surface area contributed by atoms with Gasteiger partial charge in [0.1, 0.15) is 17.4 Å². The highest BCUT2D eigenvalue weighted by Gasteiger charge is 2.45. The average Bonchev–Trinajstić information content (AvgIpc) is 2.88. The van der Waals surface area contributed by atoms with Gasteiger partial charge in [0.05, 0.1) is 18.2 Å². The number of aliphatic hydroxyl groups is 2. The fourth-order valence-electron chi connectivity index (χ4n) is 2.97. The number of hydrogen-bond donors (Lipinski definition) is 2. The van der Waals surface area contributed by atoms with Crippen molar-refractivity contribution in [3.8, 4) is 0 Å². The van der Waals surface area contributed by atoms with Gasteiger partial charge in [-0.15, -0.1) is 0 Å². The molecule has 1 saturated heterocycles. The van der Waals surface area contributed by atoms with Crippen molar-refractivity contribution in [1.29, 1.82) is 0 Å². The molecule has 1 atom stereocenters. The summed E-state index contributed by atoms with van der Waals surface area (Å²) in [6, 6.07) is 8.96. The highest BCUT2D eigenvalue weighted by Crippen LogP contribution is 2.39. The number of β-amino-alcohol motifs (C(OH)–C–C–N with tert-alkyl or cyclic N) is 1. The van der Waals surface area contributed by atoms with Crippen LogP contribution < -0.4 is 0 Å². The molecule has 26 heavy (non-hydrogen) atoms. The molecule has 1 fully saturated rings. The van der Waals surface area contributed by atoms with E-state index in [0.29, 0.717) is 5.56 Å². The van der Waals surface area contributed by atoms with Crippen LogP contribution in [-0.4, -0.2) is 40.0 Å². The van der Waals surface area contributed by atoms with Gasteiger partial charge in [0.15, 0.2) is 0 Å². The van der Waals surface area contributed by atoms with Crippen LogP contribution >= 0.6 is 0 Å². The van der Waals surface area contributed by atoms with E-state index >= 15 is 0 Å². The Balaban J connectivity index is 2.17. The molecule has 2 N–H and O–H groups in total. The van der Waals surface area contributed by atoms with Crippen LogP contribution in [-0.2, 0) is 9.59 Å². The highest BCUT2D eigenvalue weighted by molar-refractivity contribution is 6.46. The van der Waals surface area contributed by atoms with E-state index in [9.17, 15) is 28.6 Å². The molecule has 0 bridgehead atoms. The number of carbonyl (C=O) groups is 2. The molecule has 3 rings (SSSR count). The Bertz CT molecular complexity index is 875. The Hall–Kier alpha value is -3.06. The third-order valence-corrected chi connectivity index (χ3v) is 4.18. The van der Waals surface area contributed by atoms with Gasteiger partial charge in [-0.3, -0.25) is 9.59 Å². The van der Waals surface area contributed by atoms with E-state index in [0.717, 1.165) is 17.0 Å². The monoisotopic (exact) mass is 359 g/mol. The lowest BCUT2D eigenvalue weighted by Gasteiger charge is -2.24. The third-order valence-electron chi connectivity index (χ3n) is 4.18. The minimum Gasteiger partial charge on any atom is -0.507 e. The quantitative estimate of drug-likeness (QED) is 0.499. The molecular formula is C19H15F2NO4. The number of nitrogens with zero attached hydrogens (tertiary/aromatic N) is 1. The van der Waals surface area contributed by atoms with E-state index < -0.39 is 35.1 Å². The third kappa shape index (κ3) is 3.09. The lowest BCUT2D eigenvalue weighted by molar-refractivity contribution is -0.140. The molecule has 1 heterocycles. The zero-order chi connectivity index (χ0) is 18.8. The number of benzene rings is 2. The smallest absolute Gasteiger partial charge is 0.295 e. The van der Waals surface area contributed by atoms with Crippen molar-refractivity contribution in [2.75, 3.05) is 13.2 Å². The standard InChI is InChI=1S/C19H15F2NO4/c20-13-5-1-11(2-6-13)16-15(18(25)19(26)22(16)9-10-23)17(24)12-3-7-14(21)8-4-12/h1-8,16,23-24H,9-10H2/b17-15-. The maximum Gasteiger partial charge on any atom is 0.295 e. The molecule has 2 aromatic rings. The van der Waals surface area contributed by atoms with Crippen molar-refractivity contribution >= 4 is 17.4 Å². The summed E-state index contributed by atoms with van der Waals surface area (Å²) in [5.74, 6) is -3.27. The normalized spacial score (nSPS) is 19.2. The van der Waals surface area contributed by atoms with Crippen molar-refractivity contribution in [1.82, 2.24) is 4.90 Å². The molecule has 1 unspecified atom stereocenters. The summed E-state index contributed by atoms with van der Waals surface area (Å²) in [7, 11) is 0. The molecule has 2 aromatic carbocycles.